The van der Waals surface area contributed by atoms with Gasteiger partial charge in [0.05, 0.1) is 0 Å². The molecular weight excluding hydrogens is 200 g/mol. The van der Waals surface area contributed by atoms with Gasteiger partial charge in [-0.3, -0.25) is 9.59 Å². The largest absolute Gasteiger partial charge is 0.481 e. The van der Waals surface area contributed by atoms with E-state index in [1.807, 2.05) is 0 Å². The maximum atomic E-state index is 10.4. The normalized spacial score (nSPS) is 8.86. The van der Waals surface area contributed by atoms with Crippen molar-refractivity contribution in [1.29, 1.82) is 0 Å². The van der Waals surface area contributed by atoms with E-state index < -0.39 is 36.7 Å². The summed E-state index contributed by atoms with van der Waals surface area (Å²) >= 11 is 0. The van der Waals surface area contributed by atoms with Crippen LogP contribution in [0.4, 0.5) is 0 Å². The fraction of sp³-hybridized carbons (Fsp3) is 0.333. The van der Waals surface area contributed by atoms with Crippen molar-refractivity contribution in [3.63, 3.8) is 0 Å². The second kappa shape index (κ2) is 5.51. The lowest BCUT2D eigenvalue weighted by Crippen LogP contribution is -2.16. The average molecular weight is 206 g/mol. The van der Waals surface area contributed by atoms with Crippen molar-refractivity contribution in [3.8, 4) is 0 Å². The molecular formula is C6H6O8. The van der Waals surface area contributed by atoms with Crippen molar-refractivity contribution in [2.75, 3.05) is 0 Å². The first kappa shape index (κ1) is 11.9. The van der Waals surface area contributed by atoms with Crippen molar-refractivity contribution in [2.24, 2.45) is 0 Å². The average Bonchev–Trinajstić information content (AvgIpc) is 1.98. The molecule has 78 valence electrons. The molecule has 0 amide bonds. The topological polar surface area (TPSA) is 127 Å². The molecule has 0 aromatic rings. The van der Waals surface area contributed by atoms with Gasteiger partial charge in [-0.05, 0) is 0 Å². The van der Waals surface area contributed by atoms with Crippen LogP contribution in [0.15, 0.2) is 0 Å². The van der Waals surface area contributed by atoms with Crippen molar-refractivity contribution in [2.45, 2.75) is 12.8 Å². The molecule has 0 saturated heterocycles. The Bertz CT molecular complexity index is 239. The van der Waals surface area contributed by atoms with Gasteiger partial charge >= 0.3 is 23.9 Å². The Morgan fingerprint density at radius 1 is 0.786 bits per heavy atom. The smallest absolute Gasteiger partial charge is 0.366 e. The summed E-state index contributed by atoms with van der Waals surface area (Å²) in [5, 5.41) is 16.1. The van der Waals surface area contributed by atoms with Gasteiger partial charge in [0.15, 0.2) is 0 Å². The Balaban J connectivity index is 3.72. The Morgan fingerprint density at radius 3 is 1.29 bits per heavy atom. The van der Waals surface area contributed by atoms with Crippen LogP contribution in [0.2, 0.25) is 0 Å². The van der Waals surface area contributed by atoms with Crippen LogP contribution in [0.1, 0.15) is 12.8 Å². The maximum absolute atomic E-state index is 10.4. The Kier molecular flexibility index (Phi) is 4.68. The summed E-state index contributed by atoms with van der Waals surface area (Å²) in [4.78, 5) is 48.0. The molecule has 0 unspecified atom stereocenters. The van der Waals surface area contributed by atoms with Crippen LogP contribution in [-0.4, -0.2) is 34.1 Å². The van der Waals surface area contributed by atoms with E-state index >= 15 is 0 Å². The predicted molar refractivity (Wildman–Crippen MR) is 36.7 cm³/mol. The number of hydrogen-bond donors (Lipinski definition) is 2. The molecule has 14 heavy (non-hydrogen) atoms. The summed E-state index contributed by atoms with van der Waals surface area (Å²) in [5.41, 5.74) is 0. The van der Waals surface area contributed by atoms with Crippen LogP contribution in [-0.2, 0) is 29.0 Å². The van der Waals surface area contributed by atoms with Gasteiger partial charge < -0.3 is 10.2 Å². The highest BCUT2D eigenvalue weighted by atomic mass is 17.2. The minimum atomic E-state index is -1.45. The van der Waals surface area contributed by atoms with Gasteiger partial charge in [-0.15, -0.1) is 0 Å². The number of rotatable bonds is 4. The van der Waals surface area contributed by atoms with Crippen LogP contribution < -0.4 is 0 Å². The predicted octanol–water partition coefficient (Wildman–Crippen LogP) is -1.06. The van der Waals surface area contributed by atoms with E-state index in [0.717, 1.165) is 0 Å². The van der Waals surface area contributed by atoms with E-state index in [9.17, 15) is 19.2 Å². The van der Waals surface area contributed by atoms with Gasteiger partial charge in [0.2, 0.25) is 0 Å². The summed E-state index contributed by atoms with van der Waals surface area (Å²) in [6.45, 7) is 0. The lowest BCUT2D eigenvalue weighted by molar-refractivity contribution is -0.259. The zero-order chi connectivity index (χ0) is 11.1. The maximum Gasteiger partial charge on any atom is 0.366 e. The quantitative estimate of drug-likeness (QED) is 0.338. The van der Waals surface area contributed by atoms with E-state index in [1.165, 1.54) is 0 Å². The number of carbonyl (C=O) groups is 4. The molecule has 0 radical (unpaired) electrons. The number of carbonyl (C=O) groups excluding carboxylic acids is 2. The zero-order valence-corrected chi connectivity index (χ0v) is 6.76. The van der Waals surface area contributed by atoms with Crippen LogP contribution in [0.5, 0.6) is 0 Å². The number of hydrogen-bond acceptors (Lipinski definition) is 6. The monoisotopic (exact) mass is 206 g/mol. The van der Waals surface area contributed by atoms with Gasteiger partial charge in [-0.2, -0.15) is 0 Å². The molecule has 0 bridgehead atoms. The van der Waals surface area contributed by atoms with Crippen molar-refractivity contribution in [1.82, 2.24) is 0 Å². The molecule has 8 heteroatoms. The third-order valence-electron chi connectivity index (χ3n) is 0.819. The van der Waals surface area contributed by atoms with Gasteiger partial charge in [-0.25, -0.2) is 19.4 Å². The SMILES string of the molecule is O=C(O)CC(=O)OOC(=O)CC(=O)O. The Morgan fingerprint density at radius 2 is 1.07 bits per heavy atom. The van der Waals surface area contributed by atoms with Gasteiger partial charge in [0, 0.05) is 0 Å². The highest BCUT2D eigenvalue weighted by Crippen LogP contribution is 1.91. The molecule has 8 nitrogen and oxygen atoms in total. The minimum absolute atomic E-state index is 0.972. The highest BCUT2D eigenvalue weighted by molar-refractivity contribution is 5.92. The van der Waals surface area contributed by atoms with E-state index in [4.69, 9.17) is 10.2 Å². The minimum Gasteiger partial charge on any atom is -0.481 e. The van der Waals surface area contributed by atoms with Crippen molar-refractivity contribution >= 4 is 23.9 Å². The van der Waals surface area contributed by atoms with Crippen LogP contribution >= 0.6 is 0 Å². The summed E-state index contributed by atoms with van der Waals surface area (Å²) < 4.78 is 0. The molecule has 0 aliphatic carbocycles. The lowest BCUT2D eigenvalue weighted by Gasteiger charge is -1.99. The number of carboxylic acid groups (broad SMARTS) is 2. The molecule has 0 spiro atoms. The molecule has 0 saturated carbocycles. The highest BCUT2D eigenvalue weighted by Gasteiger charge is 2.15. The molecule has 0 aliphatic rings. The molecule has 2 N–H and O–H groups in total. The summed E-state index contributed by atoms with van der Waals surface area (Å²) in [5.74, 6) is -5.50. The summed E-state index contributed by atoms with van der Waals surface area (Å²) in [7, 11) is 0. The van der Waals surface area contributed by atoms with Crippen LogP contribution in [0.3, 0.4) is 0 Å². The second-order valence-electron chi connectivity index (χ2n) is 2.05. The van der Waals surface area contributed by atoms with E-state index in [0.29, 0.717) is 0 Å². The first-order chi connectivity index (χ1) is 6.41. The Hall–Kier alpha value is -2.12. The summed E-state index contributed by atoms with van der Waals surface area (Å²) in [6.07, 6.45) is -1.94. The van der Waals surface area contributed by atoms with Crippen LogP contribution in [0.25, 0.3) is 0 Å². The first-order valence-corrected chi connectivity index (χ1v) is 3.25. The van der Waals surface area contributed by atoms with Crippen molar-refractivity contribution in [3.05, 3.63) is 0 Å². The van der Waals surface area contributed by atoms with Crippen LogP contribution in [0, 0.1) is 0 Å². The molecule has 0 fully saturated rings. The van der Waals surface area contributed by atoms with Gasteiger partial charge in [0.25, 0.3) is 0 Å². The third kappa shape index (κ3) is 6.58. The zero-order valence-electron chi connectivity index (χ0n) is 6.76. The molecule has 0 heterocycles. The van der Waals surface area contributed by atoms with E-state index in [-0.39, 0.29) is 0 Å². The van der Waals surface area contributed by atoms with E-state index in [1.54, 1.807) is 0 Å². The number of carboxylic acids is 2. The van der Waals surface area contributed by atoms with Crippen molar-refractivity contribution < 1.29 is 39.2 Å². The second-order valence-corrected chi connectivity index (χ2v) is 2.05. The standard InChI is InChI=1S/C6H6O8/c7-3(8)1-5(11)13-14-6(12)2-4(9)10/h1-2H2,(H,7,8)(H,9,10). The summed E-state index contributed by atoms with van der Waals surface area (Å²) in [6, 6.07) is 0. The fourth-order valence-corrected chi connectivity index (χ4v) is 0.399. The first-order valence-electron chi connectivity index (χ1n) is 3.25. The molecule has 0 rings (SSSR count). The molecule has 0 atom stereocenters. The van der Waals surface area contributed by atoms with E-state index in [2.05, 4.69) is 9.78 Å². The number of aliphatic carboxylic acids is 2. The van der Waals surface area contributed by atoms with Gasteiger partial charge in [0.1, 0.15) is 12.8 Å². The molecule has 0 aliphatic heterocycles. The fourth-order valence-electron chi connectivity index (χ4n) is 0.399. The third-order valence-corrected chi connectivity index (χ3v) is 0.819. The molecule has 0 aromatic heterocycles. The molecule has 0 aromatic carbocycles. The Labute approximate surface area is 77.0 Å². The van der Waals surface area contributed by atoms with Gasteiger partial charge in [-0.1, -0.05) is 0 Å². The lowest BCUT2D eigenvalue weighted by atomic mass is 10.4.